The SMILES string of the molecule is CN1CCc2ccc(C(=O)N3C[C@H](NC(=O)c4ccc(Cl)s4)[C@@H](C4=CCCC=C4)C3)cc2CC1. The van der Waals surface area contributed by atoms with Gasteiger partial charge in [0.2, 0.25) is 0 Å². The summed E-state index contributed by atoms with van der Waals surface area (Å²) in [5, 5.41) is 3.19. The number of benzene rings is 1. The zero-order valence-corrected chi connectivity index (χ0v) is 21.0. The molecule has 1 aromatic heterocycles. The molecule has 3 aliphatic rings. The van der Waals surface area contributed by atoms with Crippen LogP contribution in [-0.4, -0.2) is 60.9 Å². The molecular formula is C27H30ClN3O2S. The number of likely N-dealkylation sites (tertiary alicyclic amines) is 1. The van der Waals surface area contributed by atoms with E-state index in [0.717, 1.165) is 44.3 Å². The van der Waals surface area contributed by atoms with Gasteiger partial charge in [0.25, 0.3) is 11.8 Å². The van der Waals surface area contributed by atoms with Gasteiger partial charge in [-0.05, 0) is 73.7 Å². The number of allylic oxidation sites excluding steroid dienone is 3. The van der Waals surface area contributed by atoms with Crippen molar-refractivity contribution in [1.29, 1.82) is 0 Å². The number of halogens is 1. The van der Waals surface area contributed by atoms with Gasteiger partial charge in [0.05, 0.1) is 15.3 Å². The molecule has 2 aromatic rings. The third-order valence-corrected chi connectivity index (χ3v) is 8.38. The average Bonchev–Trinajstić information content (AvgIpc) is 3.43. The zero-order valence-electron chi connectivity index (χ0n) is 19.4. The normalized spacial score (nSPS) is 22.8. The minimum absolute atomic E-state index is 0.0432. The first kappa shape index (κ1) is 23.3. The number of hydrogen-bond acceptors (Lipinski definition) is 4. The Morgan fingerprint density at radius 1 is 1.06 bits per heavy atom. The maximum absolute atomic E-state index is 13.6. The highest BCUT2D eigenvalue weighted by Gasteiger charge is 2.38. The van der Waals surface area contributed by atoms with Gasteiger partial charge in [-0.3, -0.25) is 9.59 Å². The lowest BCUT2D eigenvalue weighted by molar-refractivity contribution is 0.0781. The maximum atomic E-state index is 13.6. The van der Waals surface area contributed by atoms with E-state index in [-0.39, 0.29) is 23.8 Å². The molecule has 1 aromatic carbocycles. The van der Waals surface area contributed by atoms with Gasteiger partial charge in [0.15, 0.2) is 0 Å². The van der Waals surface area contributed by atoms with Crippen molar-refractivity contribution in [2.24, 2.45) is 5.92 Å². The number of amides is 2. The van der Waals surface area contributed by atoms with Crippen LogP contribution in [0.25, 0.3) is 0 Å². The Balaban J connectivity index is 1.36. The summed E-state index contributed by atoms with van der Waals surface area (Å²) in [5.74, 6) is -0.00759. The molecule has 1 fully saturated rings. The van der Waals surface area contributed by atoms with Gasteiger partial charge in [-0.25, -0.2) is 0 Å². The van der Waals surface area contributed by atoms with Crippen molar-refractivity contribution in [2.45, 2.75) is 31.7 Å². The number of thiophene rings is 1. The Morgan fingerprint density at radius 3 is 2.62 bits per heavy atom. The quantitative estimate of drug-likeness (QED) is 0.675. The van der Waals surface area contributed by atoms with Crippen molar-refractivity contribution in [3.63, 3.8) is 0 Å². The summed E-state index contributed by atoms with van der Waals surface area (Å²) >= 11 is 7.31. The maximum Gasteiger partial charge on any atom is 0.261 e. The van der Waals surface area contributed by atoms with Gasteiger partial charge >= 0.3 is 0 Å². The molecule has 1 N–H and O–H groups in total. The molecule has 2 aliphatic heterocycles. The standard InChI is InChI=1S/C27H30ClN3O2S/c1-30-13-11-18-7-8-21(15-20(18)12-14-30)27(33)31-16-22(19-5-3-2-4-6-19)23(17-31)29-26(32)24-9-10-25(28)34-24/h3,5-10,15,22-23H,2,4,11-14,16-17H2,1H3,(H,29,32)/t22-,23+/m1/s1. The van der Waals surface area contributed by atoms with Crippen LogP contribution in [0.3, 0.4) is 0 Å². The molecule has 0 bridgehead atoms. The summed E-state index contributed by atoms with van der Waals surface area (Å²) in [6.07, 6.45) is 10.6. The zero-order chi connectivity index (χ0) is 23.7. The number of rotatable bonds is 4. The molecule has 1 saturated heterocycles. The van der Waals surface area contributed by atoms with E-state index < -0.39 is 0 Å². The Labute approximate surface area is 210 Å². The smallest absolute Gasteiger partial charge is 0.261 e. The number of likely N-dealkylation sites (N-methyl/N-ethyl adjacent to an activating group) is 1. The second kappa shape index (κ2) is 10.1. The summed E-state index contributed by atoms with van der Waals surface area (Å²) in [5.41, 5.74) is 4.58. The molecule has 2 atom stereocenters. The lowest BCUT2D eigenvalue weighted by Crippen LogP contribution is -2.41. The van der Waals surface area contributed by atoms with Crippen LogP contribution in [0, 0.1) is 5.92 Å². The van der Waals surface area contributed by atoms with E-state index in [0.29, 0.717) is 22.3 Å². The molecule has 0 unspecified atom stereocenters. The Hall–Kier alpha value is -2.41. The number of fused-ring (bicyclic) bond motifs is 1. The summed E-state index contributed by atoms with van der Waals surface area (Å²) in [6.45, 7) is 3.16. The Morgan fingerprint density at radius 2 is 1.88 bits per heavy atom. The van der Waals surface area contributed by atoms with Crippen molar-refractivity contribution >= 4 is 34.8 Å². The molecule has 1 aliphatic carbocycles. The fourth-order valence-electron chi connectivity index (χ4n) is 5.19. The summed E-state index contributed by atoms with van der Waals surface area (Å²) in [6, 6.07) is 9.54. The molecule has 0 radical (unpaired) electrons. The van der Waals surface area contributed by atoms with Gasteiger partial charge in [-0.2, -0.15) is 0 Å². The molecular weight excluding hydrogens is 466 g/mol. The Kier molecular flexibility index (Phi) is 6.91. The molecule has 5 rings (SSSR count). The number of carbonyl (C=O) groups excluding carboxylic acids is 2. The van der Waals surface area contributed by atoms with E-state index >= 15 is 0 Å². The first-order chi connectivity index (χ1) is 16.5. The molecule has 178 valence electrons. The average molecular weight is 496 g/mol. The summed E-state index contributed by atoms with van der Waals surface area (Å²) in [7, 11) is 2.15. The van der Waals surface area contributed by atoms with Gasteiger partial charge in [0.1, 0.15) is 0 Å². The highest BCUT2D eigenvalue weighted by molar-refractivity contribution is 7.18. The second-order valence-electron chi connectivity index (χ2n) is 9.47. The van der Waals surface area contributed by atoms with Crippen LogP contribution in [0.1, 0.15) is 44.0 Å². The van der Waals surface area contributed by atoms with Crippen molar-refractivity contribution in [3.05, 3.63) is 80.0 Å². The number of nitrogens with zero attached hydrogens (tertiary/aromatic N) is 2. The molecule has 34 heavy (non-hydrogen) atoms. The first-order valence-corrected chi connectivity index (χ1v) is 13.2. The van der Waals surface area contributed by atoms with Crippen molar-refractivity contribution in [2.75, 3.05) is 33.2 Å². The van der Waals surface area contributed by atoms with Crippen molar-refractivity contribution < 1.29 is 9.59 Å². The molecule has 3 heterocycles. The van der Waals surface area contributed by atoms with E-state index in [2.05, 4.69) is 47.6 Å². The van der Waals surface area contributed by atoms with E-state index in [1.54, 1.807) is 12.1 Å². The number of nitrogens with one attached hydrogen (secondary N) is 1. The summed E-state index contributed by atoms with van der Waals surface area (Å²) in [4.78, 5) is 31.3. The van der Waals surface area contributed by atoms with Crippen LogP contribution in [0.4, 0.5) is 0 Å². The van der Waals surface area contributed by atoms with Gasteiger partial charge in [-0.1, -0.05) is 35.9 Å². The van der Waals surface area contributed by atoms with Crippen LogP contribution in [-0.2, 0) is 12.8 Å². The topological polar surface area (TPSA) is 52.7 Å². The second-order valence-corrected chi connectivity index (χ2v) is 11.2. The molecule has 0 saturated carbocycles. The molecule has 0 spiro atoms. The predicted octanol–water partition coefficient (Wildman–Crippen LogP) is 4.58. The van der Waals surface area contributed by atoms with E-state index in [9.17, 15) is 9.59 Å². The third-order valence-electron chi connectivity index (χ3n) is 7.15. The van der Waals surface area contributed by atoms with E-state index in [4.69, 9.17) is 11.6 Å². The van der Waals surface area contributed by atoms with Crippen LogP contribution in [0.2, 0.25) is 4.34 Å². The van der Waals surface area contributed by atoms with Gasteiger partial charge in [-0.15, -0.1) is 11.3 Å². The largest absolute Gasteiger partial charge is 0.346 e. The molecule has 7 heteroatoms. The minimum Gasteiger partial charge on any atom is -0.346 e. The van der Waals surface area contributed by atoms with Gasteiger partial charge < -0.3 is 15.1 Å². The van der Waals surface area contributed by atoms with E-state index in [1.807, 2.05) is 11.0 Å². The number of hydrogen-bond donors (Lipinski definition) is 1. The fourth-order valence-corrected chi connectivity index (χ4v) is 6.14. The molecule has 5 nitrogen and oxygen atoms in total. The van der Waals surface area contributed by atoms with E-state index in [1.165, 1.54) is 28.0 Å². The number of carbonyl (C=O) groups is 2. The van der Waals surface area contributed by atoms with Gasteiger partial charge in [0, 0.05) is 37.7 Å². The fraction of sp³-hybridized carbons (Fsp3) is 0.407. The Bertz CT molecular complexity index is 1150. The van der Waals surface area contributed by atoms with Crippen LogP contribution in [0.15, 0.2) is 54.1 Å². The monoisotopic (exact) mass is 495 g/mol. The first-order valence-electron chi connectivity index (χ1n) is 12.0. The lowest BCUT2D eigenvalue weighted by Gasteiger charge is -2.21. The van der Waals surface area contributed by atoms with Crippen LogP contribution in [0.5, 0.6) is 0 Å². The lowest BCUT2D eigenvalue weighted by atomic mass is 9.90. The minimum atomic E-state index is -0.138. The van der Waals surface area contributed by atoms with Crippen molar-refractivity contribution in [1.82, 2.24) is 15.1 Å². The highest BCUT2D eigenvalue weighted by Crippen LogP contribution is 2.30. The summed E-state index contributed by atoms with van der Waals surface area (Å²) < 4.78 is 0.595. The molecule has 2 amide bonds. The third kappa shape index (κ3) is 4.99. The predicted molar refractivity (Wildman–Crippen MR) is 138 cm³/mol. The highest BCUT2D eigenvalue weighted by atomic mass is 35.5. The van der Waals surface area contributed by atoms with Crippen molar-refractivity contribution in [3.8, 4) is 0 Å². The van der Waals surface area contributed by atoms with Crippen LogP contribution < -0.4 is 5.32 Å². The van der Waals surface area contributed by atoms with Crippen LogP contribution >= 0.6 is 22.9 Å².